The van der Waals surface area contributed by atoms with Crippen molar-refractivity contribution in [3.8, 4) is 0 Å². The van der Waals surface area contributed by atoms with Gasteiger partial charge in [0.05, 0.1) is 11.7 Å². The Morgan fingerprint density at radius 2 is 1.85 bits per heavy atom. The van der Waals surface area contributed by atoms with Crippen molar-refractivity contribution in [2.24, 2.45) is 5.92 Å². The van der Waals surface area contributed by atoms with E-state index in [4.69, 9.17) is 11.6 Å². The third kappa shape index (κ3) is 6.51. The van der Waals surface area contributed by atoms with Crippen LogP contribution in [0.1, 0.15) is 50.1 Å². The lowest BCUT2D eigenvalue weighted by molar-refractivity contribution is -0.134. The van der Waals surface area contributed by atoms with Crippen LogP contribution in [0.3, 0.4) is 0 Å². The Morgan fingerprint density at radius 3 is 2.62 bits per heavy atom. The van der Waals surface area contributed by atoms with E-state index in [1.165, 1.54) is 11.3 Å². The molecule has 0 spiro atoms. The number of carbonyl (C=O) groups is 3. The Kier molecular flexibility index (Phi) is 9.10. The Morgan fingerprint density at radius 1 is 1.08 bits per heavy atom. The first-order valence-electron chi connectivity index (χ1n) is 12.7. The molecule has 9 nitrogen and oxygen atoms in total. The largest absolute Gasteiger partial charge is 0.349 e. The highest BCUT2D eigenvalue weighted by Crippen LogP contribution is 2.29. The van der Waals surface area contributed by atoms with E-state index in [-0.39, 0.29) is 47.8 Å². The summed E-state index contributed by atoms with van der Waals surface area (Å²) >= 11 is 7.48. The monoisotopic (exact) mass is 590 g/mol. The predicted octanol–water partition coefficient (Wildman–Crippen LogP) is 3.54. The molecule has 1 fully saturated rings. The standard InChI is InChI=1S/C27H31ClN6O3S.ClH/c1-33(2)27(37)16-5-7-19(30-24(35)22-11-15-4-6-18(28)10-17(15)13-29-22)21(12-16)31-25(36)26-32-20-8-9-34(3)14-23(20)38-26;/h4,6,10-11,13,16,19,21H,5,7-9,12,14H2,1-3H3,(H,30,35)(H,31,36);1H. The van der Waals surface area contributed by atoms with Gasteiger partial charge in [0.25, 0.3) is 11.8 Å². The van der Waals surface area contributed by atoms with E-state index in [9.17, 15) is 14.4 Å². The Labute approximate surface area is 242 Å². The average Bonchev–Trinajstić information content (AvgIpc) is 3.32. The number of carbonyl (C=O) groups excluding carboxylic acids is 3. The number of hydrogen-bond donors (Lipinski definition) is 2. The van der Waals surface area contributed by atoms with E-state index in [0.717, 1.165) is 40.9 Å². The number of pyridine rings is 1. The summed E-state index contributed by atoms with van der Waals surface area (Å²) in [7, 11) is 5.53. The van der Waals surface area contributed by atoms with Gasteiger partial charge in [-0.15, -0.1) is 23.7 Å². The minimum Gasteiger partial charge on any atom is -0.349 e. The molecule has 1 aliphatic heterocycles. The molecule has 2 aliphatic rings. The number of benzene rings is 1. The van der Waals surface area contributed by atoms with Crippen LogP contribution in [0.5, 0.6) is 0 Å². The van der Waals surface area contributed by atoms with Gasteiger partial charge in [0.1, 0.15) is 5.69 Å². The maximum atomic E-state index is 13.3. The smallest absolute Gasteiger partial charge is 0.280 e. The summed E-state index contributed by atoms with van der Waals surface area (Å²) in [5.74, 6) is -0.798. The molecule has 2 N–H and O–H groups in total. The second-order valence-corrected chi connectivity index (χ2v) is 11.9. The van der Waals surface area contributed by atoms with E-state index in [0.29, 0.717) is 29.3 Å². The molecule has 12 heteroatoms. The highest BCUT2D eigenvalue weighted by Gasteiger charge is 2.37. The van der Waals surface area contributed by atoms with Crippen molar-refractivity contribution < 1.29 is 14.4 Å². The molecule has 1 aromatic carbocycles. The summed E-state index contributed by atoms with van der Waals surface area (Å²) in [5, 5.41) is 8.90. The van der Waals surface area contributed by atoms with Gasteiger partial charge < -0.3 is 20.4 Å². The van der Waals surface area contributed by atoms with E-state index in [2.05, 4.69) is 32.5 Å². The van der Waals surface area contributed by atoms with Crippen LogP contribution < -0.4 is 10.6 Å². The number of thiazole rings is 1. The minimum atomic E-state index is -0.419. The first-order valence-corrected chi connectivity index (χ1v) is 13.9. The SMILES string of the molecule is CN1CCc2nc(C(=O)NC3CC(C(=O)N(C)C)CCC3NC(=O)c3cc4ccc(Cl)cc4cn3)sc2C1.Cl. The van der Waals surface area contributed by atoms with Gasteiger partial charge in [-0.1, -0.05) is 17.7 Å². The fourth-order valence-corrected chi connectivity index (χ4v) is 6.49. The van der Waals surface area contributed by atoms with Crippen molar-refractivity contribution in [1.29, 1.82) is 0 Å². The molecule has 208 valence electrons. The van der Waals surface area contributed by atoms with Crippen LogP contribution >= 0.6 is 35.3 Å². The first-order chi connectivity index (χ1) is 18.2. The van der Waals surface area contributed by atoms with Crippen molar-refractivity contribution in [2.45, 2.75) is 44.3 Å². The number of likely N-dealkylation sites (N-methyl/N-ethyl adjacent to an activating group) is 1. The molecule has 1 saturated carbocycles. The molecule has 3 heterocycles. The maximum Gasteiger partial charge on any atom is 0.280 e. The van der Waals surface area contributed by atoms with Crippen LogP contribution in [0.25, 0.3) is 10.8 Å². The number of halogens is 2. The fourth-order valence-electron chi connectivity index (χ4n) is 5.22. The number of nitrogens with zero attached hydrogens (tertiary/aromatic N) is 4. The van der Waals surface area contributed by atoms with E-state index < -0.39 is 6.04 Å². The van der Waals surface area contributed by atoms with Gasteiger partial charge >= 0.3 is 0 Å². The van der Waals surface area contributed by atoms with Crippen LogP contribution in [-0.2, 0) is 17.8 Å². The molecule has 3 unspecified atom stereocenters. The second-order valence-electron chi connectivity index (χ2n) is 10.3. The number of fused-ring (bicyclic) bond motifs is 2. The number of amides is 3. The normalized spacial score (nSPS) is 21.0. The zero-order valence-corrected chi connectivity index (χ0v) is 24.5. The zero-order chi connectivity index (χ0) is 27.0. The number of aromatic nitrogens is 2. The van der Waals surface area contributed by atoms with Crippen LogP contribution in [0.4, 0.5) is 0 Å². The van der Waals surface area contributed by atoms with Gasteiger partial charge in [-0.25, -0.2) is 4.98 Å². The minimum absolute atomic E-state index is 0. The fraction of sp³-hybridized carbons (Fsp3) is 0.444. The van der Waals surface area contributed by atoms with Crippen molar-refractivity contribution in [1.82, 2.24) is 30.4 Å². The highest BCUT2D eigenvalue weighted by atomic mass is 35.5. The number of nitrogens with one attached hydrogen (secondary N) is 2. The molecule has 39 heavy (non-hydrogen) atoms. The molecule has 3 aromatic rings. The lowest BCUT2D eigenvalue weighted by Gasteiger charge is -2.37. The molecule has 2 aromatic heterocycles. The number of rotatable bonds is 5. The molecule has 3 atom stereocenters. The third-order valence-corrected chi connectivity index (χ3v) is 8.62. The molecular formula is C27H32Cl2N6O3S. The van der Waals surface area contributed by atoms with Crippen molar-refractivity contribution in [2.75, 3.05) is 27.7 Å². The number of hydrogen-bond acceptors (Lipinski definition) is 7. The summed E-state index contributed by atoms with van der Waals surface area (Å²) in [6.07, 6.45) is 4.07. The molecule has 3 amide bonds. The van der Waals surface area contributed by atoms with Crippen LogP contribution in [0, 0.1) is 5.92 Å². The molecule has 5 rings (SSSR count). The molecule has 1 aliphatic carbocycles. The van der Waals surface area contributed by atoms with Crippen molar-refractivity contribution >= 4 is 63.8 Å². The third-order valence-electron chi connectivity index (χ3n) is 7.31. The van der Waals surface area contributed by atoms with Gasteiger partial charge in [0.15, 0.2) is 5.01 Å². The Balaban J connectivity index is 0.00000353. The molecule has 0 bridgehead atoms. The van der Waals surface area contributed by atoms with E-state index >= 15 is 0 Å². The second kappa shape index (κ2) is 12.2. The Bertz CT molecular complexity index is 1400. The summed E-state index contributed by atoms with van der Waals surface area (Å²) < 4.78 is 0. The lowest BCUT2D eigenvalue weighted by atomic mass is 9.81. The van der Waals surface area contributed by atoms with Gasteiger partial charge in [-0.2, -0.15) is 0 Å². The van der Waals surface area contributed by atoms with Gasteiger partial charge in [0, 0.05) is 67.0 Å². The van der Waals surface area contributed by atoms with Crippen molar-refractivity contribution in [3.63, 3.8) is 0 Å². The highest BCUT2D eigenvalue weighted by molar-refractivity contribution is 7.13. The molecule has 0 saturated heterocycles. The average molecular weight is 592 g/mol. The zero-order valence-electron chi connectivity index (χ0n) is 22.1. The topological polar surface area (TPSA) is 108 Å². The summed E-state index contributed by atoms with van der Waals surface area (Å²) in [6, 6.07) is 6.39. The van der Waals surface area contributed by atoms with Crippen LogP contribution in [0.2, 0.25) is 5.02 Å². The quantitative estimate of drug-likeness (QED) is 0.470. The summed E-state index contributed by atoms with van der Waals surface area (Å²) in [5.41, 5.74) is 1.27. The van der Waals surface area contributed by atoms with E-state index in [1.807, 2.05) is 6.07 Å². The van der Waals surface area contributed by atoms with Crippen molar-refractivity contribution in [3.05, 3.63) is 56.8 Å². The molecular weight excluding hydrogens is 559 g/mol. The summed E-state index contributed by atoms with van der Waals surface area (Å²) in [6.45, 7) is 1.70. The lowest BCUT2D eigenvalue weighted by Crippen LogP contribution is -2.56. The van der Waals surface area contributed by atoms with Gasteiger partial charge in [0.2, 0.25) is 5.91 Å². The van der Waals surface area contributed by atoms with Gasteiger partial charge in [-0.05, 0) is 49.9 Å². The maximum absolute atomic E-state index is 13.3. The van der Waals surface area contributed by atoms with Crippen LogP contribution in [0.15, 0.2) is 30.5 Å². The molecule has 0 radical (unpaired) electrons. The van der Waals surface area contributed by atoms with Crippen LogP contribution in [-0.4, -0.2) is 77.3 Å². The van der Waals surface area contributed by atoms with E-state index in [1.54, 1.807) is 43.4 Å². The first kappa shape index (κ1) is 29.2. The predicted molar refractivity (Wildman–Crippen MR) is 155 cm³/mol. The van der Waals surface area contributed by atoms with Gasteiger partial charge in [-0.3, -0.25) is 19.4 Å². The Hall–Kier alpha value is -2.79. The summed E-state index contributed by atoms with van der Waals surface area (Å²) in [4.78, 5) is 53.1.